The van der Waals surface area contributed by atoms with E-state index in [0.29, 0.717) is 28.6 Å². The average molecular weight is 406 g/mol. The summed E-state index contributed by atoms with van der Waals surface area (Å²) in [6.45, 7) is 2.46. The second-order valence-corrected chi connectivity index (χ2v) is 6.76. The zero-order chi connectivity index (χ0) is 20.1. The van der Waals surface area contributed by atoms with Gasteiger partial charge in [0, 0.05) is 16.6 Å². The number of aromatic nitrogens is 1. The van der Waals surface area contributed by atoms with Crippen molar-refractivity contribution < 1.29 is 22.7 Å². The first-order valence-electron chi connectivity index (χ1n) is 8.50. The van der Waals surface area contributed by atoms with Crippen LogP contribution >= 0.6 is 11.3 Å². The molecule has 2 aromatic carbocycles. The van der Waals surface area contributed by atoms with E-state index >= 15 is 0 Å². The number of thiazole rings is 1. The van der Waals surface area contributed by atoms with Gasteiger partial charge in [-0.25, -0.2) is 4.98 Å². The summed E-state index contributed by atoms with van der Waals surface area (Å²) in [4.78, 5) is 16.5. The van der Waals surface area contributed by atoms with Gasteiger partial charge in [0.15, 0.2) is 0 Å². The molecule has 3 rings (SSSR count). The summed E-state index contributed by atoms with van der Waals surface area (Å²) in [6.07, 6.45) is -4.30. The second-order valence-electron chi connectivity index (χ2n) is 5.90. The minimum absolute atomic E-state index is 0.0738. The van der Waals surface area contributed by atoms with Gasteiger partial charge < -0.3 is 10.1 Å². The van der Waals surface area contributed by atoms with Gasteiger partial charge in [-0.3, -0.25) is 4.79 Å². The number of ether oxygens (including phenoxy) is 1. The number of rotatable bonds is 6. The van der Waals surface area contributed by atoms with Gasteiger partial charge in [-0.2, -0.15) is 13.2 Å². The number of carbonyl (C=O) groups is 1. The number of nitrogens with one attached hydrogen (secondary N) is 1. The van der Waals surface area contributed by atoms with Crippen molar-refractivity contribution in [1.29, 1.82) is 0 Å². The van der Waals surface area contributed by atoms with Crippen molar-refractivity contribution in [3.63, 3.8) is 0 Å². The van der Waals surface area contributed by atoms with Crippen LogP contribution in [0.3, 0.4) is 0 Å². The SMILES string of the molecule is CCOc1ccc(NC(=O)Cc2csc(-c3ccc(C(F)(F)F)cc3)n2)cc1. The molecular formula is C20H17F3N2O2S. The molecular weight excluding hydrogens is 389 g/mol. The van der Waals surface area contributed by atoms with Gasteiger partial charge in [-0.15, -0.1) is 11.3 Å². The van der Waals surface area contributed by atoms with Crippen molar-refractivity contribution in [2.75, 3.05) is 11.9 Å². The number of halogens is 3. The Labute approximate surface area is 164 Å². The number of amides is 1. The first kappa shape index (κ1) is 19.9. The Bertz CT molecular complexity index is 935. The summed E-state index contributed by atoms with van der Waals surface area (Å²) < 4.78 is 43.3. The molecule has 3 aromatic rings. The summed E-state index contributed by atoms with van der Waals surface area (Å²) >= 11 is 1.28. The van der Waals surface area contributed by atoms with Crippen molar-refractivity contribution in [1.82, 2.24) is 4.98 Å². The van der Waals surface area contributed by atoms with E-state index in [2.05, 4.69) is 10.3 Å². The Hall–Kier alpha value is -2.87. The Balaban J connectivity index is 1.61. The van der Waals surface area contributed by atoms with Crippen LogP contribution in [-0.4, -0.2) is 17.5 Å². The molecule has 0 radical (unpaired) electrons. The number of carbonyl (C=O) groups excluding carboxylic acids is 1. The van der Waals surface area contributed by atoms with Crippen molar-refractivity contribution in [3.05, 3.63) is 65.2 Å². The van der Waals surface area contributed by atoms with Crippen LogP contribution in [0.4, 0.5) is 18.9 Å². The van der Waals surface area contributed by atoms with E-state index in [1.165, 1.54) is 23.5 Å². The predicted molar refractivity (Wildman–Crippen MR) is 102 cm³/mol. The van der Waals surface area contributed by atoms with Gasteiger partial charge in [0.05, 0.1) is 24.3 Å². The third kappa shape index (κ3) is 5.10. The second kappa shape index (κ2) is 8.43. The maximum atomic E-state index is 12.6. The number of nitrogens with zero attached hydrogens (tertiary/aromatic N) is 1. The zero-order valence-corrected chi connectivity index (χ0v) is 15.7. The topological polar surface area (TPSA) is 51.2 Å². The standard InChI is InChI=1S/C20H17F3N2O2S/c1-2-27-17-9-7-15(8-10-17)24-18(26)11-16-12-28-19(25-16)13-3-5-14(6-4-13)20(21,22)23/h3-10,12H,2,11H2,1H3,(H,24,26). The van der Waals surface area contributed by atoms with Crippen molar-refractivity contribution >= 4 is 22.9 Å². The maximum absolute atomic E-state index is 12.6. The van der Waals surface area contributed by atoms with E-state index in [1.54, 1.807) is 29.6 Å². The molecule has 0 bridgehead atoms. The summed E-state index contributed by atoms with van der Waals surface area (Å²) in [6, 6.07) is 11.8. The molecule has 0 unspecified atom stereocenters. The lowest BCUT2D eigenvalue weighted by molar-refractivity contribution is -0.137. The van der Waals surface area contributed by atoms with Gasteiger partial charge >= 0.3 is 6.18 Å². The fraction of sp³-hybridized carbons (Fsp3) is 0.200. The third-order valence-electron chi connectivity index (χ3n) is 3.80. The molecule has 0 saturated heterocycles. The van der Waals surface area contributed by atoms with E-state index in [1.807, 2.05) is 6.92 Å². The lowest BCUT2D eigenvalue weighted by Gasteiger charge is -2.07. The summed E-state index contributed by atoms with van der Waals surface area (Å²) in [5.74, 6) is 0.495. The molecule has 1 N–H and O–H groups in total. The highest BCUT2D eigenvalue weighted by Crippen LogP contribution is 2.31. The van der Waals surface area contributed by atoms with Gasteiger partial charge in [-0.1, -0.05) is 12.1 Å². The number of hydrogen-bond acceptors (Lipinski definition) is 4. The van der Waals surface area contributed by atoms with Crippen LogP contribution in [0.15, 0.2) is 53.9 Å². The Morgan fingerprint density at radius 3 is 2.39 bits per heavy atom. The van der Waals surface area contributed by atoms with E-state index in [4.69, 9.17) is 4.74 Å². The van der Waals surface area contributed by atoms with Gasteiger partial charge in [0.2, 0.25) is 5.91 Å². The fourth-order valence-electron chi connectivity index (χ4n) is 2.49. The van der Waals surface area contributed by atoms with Crippen LogP contribution in [0.1, 0.15) is 18.2 Å². The van der Waals surface area contributed by atoms with E-state index in [0.717, 1.165) is 17.9 Å². The third-order valence-corrected chi connectivity index (χ3v) is 4.74. The molecule has 0 aliphatic rings. The highest BCUT2D eigenvalue weighted by Gasteiger charge is 2.30. The number of alkyl halides is 3. The van der Waals surface area contributed by atoms with E-state index in [-0.39, 0.29) is 12.3 Å². The molecule has 1 amide bonds. The van der Waals surface area contributed by atoms with E-state index in [9.17, 15) is 18.0 Å². The van der Waals surface area contributed by atoms with Crippen LogP contribution in [-0.2, 0) is 17.4 Å². The molecule has 0 saturated carbocycles. The number of hydrogen-bond donors (Lipinski definition) is 1. The lowest BCUT2D eigenvalue weighted by Crippen LogP contribution is -2.14. The van der Waals surface area contributed by atoms with Crippen LogP contribution < -0.4 is 10.1 Å². The Morgan fingerprint density at radius 2 is 1.79 bits per heavy atom. The normalized spacial score (nSPS) is 11.3. The van der Waals surface area contributed by atoms with Crippen LogP contribution in [0.2, 0.25) is 0 Å². The summed E-state index contributed by atoms with van der Waals surface area (Å²) in [7, 11) is 0. The zero-order valence-electron chi connectivity index (χ0n) is 14.9. The minimum atomic E-state index is -4.37. The average Bonchev–Trinajstić information content (AvgIpc) is 3.11. The molecule has 0 aliphatic carbocycles. The van der Waals surface area contributed by atoms with Gasteiger partial charge in [0.1, 0.15) is 10.8 Å². The van der Waals surface area contributed by atoms with Crippen LogP contribution in [0.25, 0.3) is 10.6 Å². The Kier molecular flexibility index (Phi) is 5.99. The molecule has 28 heavy (non-hydrogen) atoms. The van der Waals surface area contributed by atoms with Crippen molar-refractivity contribution in [2.24, 2.45) is 0 Å². The lowest BCUT2D eigenvalue weighted by atomic mass is 10.1. The molecule has 1 heterocycles. The number of anilines is 1. The molecule has 146 valence electrons. The predicted octanol–water partition coefficient (Wildman–Crippen LogP) is 5.41. The summed E-state index contributed by atoms with van der Waals surface area (Å²) in [5.41, 5.74) is 1.08. The first-order valence-corrected chi connectivity index (χ1v) is 9.38. The minimum Gasteiger partial charge on any atom is -0.494 e. The number of benzene rings is 2. The van der Waals surface area contributed by atoms with Crippen LogP contribution in [0.5, 0.6) is 5.75 Å². The quantitative estimate of drug-likeness (QED) is 0.596. The molecule has 0 aliphatic heterocycles. The van der Waals surface area contributed by atoms with Crippen LogP contribution in [0, 0.1) is 0 Å². The molecule has 0 fully saturated rings. The highest BCUT2D eigenvalue weighted by atomic mass is 32.1. The van der Waals surface area contributed by atoms with E-state index < -0.39 is 11.7 Å². The molecule has 8 heteroatoms. The Morgan fingerprint density at radius 1 is 1.11 bits per heavy atom. The monoisotopic (exact) mass is 406 g/mol. The summed E-state index contributed by atoms with van der Waals surface area (Å²) in [5, 5.41) is 5.07. The largest absolute Gasteiger partial charge is 0.494 e. The molecule has 4 nitrogen and oxygen atoms in total. The smallest absolute Gasteiger partial charge is 0.416 e. The first-order chi connectivity index (χ1) is 13.3. The highest BCUT2D eigenvalue weighted by molar-refractivity contribution is 7.13. The fourth-order valence-corrected chi connectivity index (χ4v) is 3.32. The molecule has 1 aromatic heterocycles. The van der Waals surface area contributed by atoms with Gasteiger partial charge in [0.25, 0.3) is 0 Å². The maximum Gasteiger partial charge on any atom is 0.416 e. The van der Waals surface area contributed by atoms with Crippen molar-refractivity contribution in [3.8, 4) is 16.3 Å². The van der Waals surface area contributed by atoms with Crippen molar-refractivity contribution in [2.45, 2.75) is 19.5 Å². The molecule has 0 spiro atoms. The molecule has 0 atom stereocenters. The van der Waals surface area contributed by atoms with Gasteiger partial charge in [-0.05, 0) is 43.3 Å².